The van der Waals surface area contributed by atoms with Crippen molar-refractivity contribution < 1.29 is 9.59 Å². The van der Waals surface area contributed by atoms with Crippen LogP contribution in [0.4, 0.5) is 0 Å². The third kappa shape index (κ3) is 9.25. The van der Waals surface area contributed by atoms with Gasteiger partial charge in [-0.05, 0) is 26.7 Å². The summed E-state index contributed by atoms with van der Waals surface area (Å²) in [6.45, 7) is 3.90. The summed E-state index contributed by atoms with van der Waals surface area (Å²) >= 11 is 0. The minimum atomic E-state index is 0.0710. The van der Waals surface area contributed by atoms with E-state index in [1.165, 1.54) is 0 Å². The highest BCUT2D eigenvalue weighted by Gasteiger charge is 2.03. The van der Waals surface area contributed by atoms with Gasteiger partial charge in [0.15, 0.2) is 0 Å². The fourth-order valence-electron chi connectivity index (χ4n) is 1.27. The number of hydrogen-bond donors (Lipinski definition) is 2. The number of rotatable bonds is 7. The molecule has 0 saturated heterocycles. The van der Waals surface area contributed by atoms with Crippen molar-refractivity contribution in [1.82, 2.24) is 10.6 Å². The number of nitrogens with one attached hydrogen (secondary N) is 2. The molecule has 2 amide bonds. The molecule has 0 radical (unpaired) electrons. The normalized spacial score (nSPS) is 10.1. The fraction of sp³-hybridized carbons (Fsp3) is 0.818. The maximum atomic E-state index is 11.2. The van der Waals surface area contributed by atoms with Gasteiger partial charge in [0, 0.05) is 25.9 Å². The lowest BCUT2D eigenvalue weighted by Gasteiger charge is -2.07. The first-order chi connectivity index (χ1) is 7.06. The minimum absolute atomic E-state index is 0.0710. The van der Waals surface area contributed by atoms with Crippen LogP contribution in [0.3, 0.4) is 0 Å². The van der Waals surface area contributed by atoms with Gasteiger partial charge < -0.3 is 10.6 Å². The van der Waals surface area contributed by atoms with Gasteiger partial charge in [-0.15, -0.1) is 0 Å². The average Bonchev–Trinajstić information content (AvgIpc) is 2.15. The molecule has 0 aromatic heterocycles. The first kappa shape index (κ1) is 13.9. The molecule has 88 valence electrons. The maximum absolute atomic E-state index is 11.2. The van der Waals surface area contributed by atoms with E-state index in [1.807, 2.05) is 13.8 Å². The molecule has 0 atom stereocenters. The summed E-state index contributed by atoms with van der Waals surface area (Å²) in [4.78, 5) is 22.1. The summed E-state index contributed by atoms with van der Waals surface area (Å²) in [6, 6.07) is 0.211. The fourth-order valence-corrected chi connectivity index (χ4v) is 1.27. The molecular formula is C11H22N2O2. The Kier molecular flexibility index (Phi) is 7.68. The summed E-state index contributed by atoms with van der Waals surface area (Å²) < 4.78 is 0. The summed E-state index contributed by atoms with van der Waals surface area (Å²) in [5, 5.41) is 5.41. The monoisotopic (exact) mass is 214 g/mol. The van der Waals surface area contributed by atoms with E-state index >= 15 is 0 Å². The largest absolute Gasteiger partial charge is 0.359 e. The third-order valence-corrected chi connectivity index (χ3v) is 2.04. The second-order valence-corrected chi connectivity index (χ2v) is 3.96. The molecular weight excluding hydrogens is 192 g/mol. The number of carbonyl (C=O) groups is 2. The van der Waals surface area contributed by atoms with Crippen LogP contribution >= 0.6 is 0 Å². The van der Waals surface area contributed by atoms with Crippen LogP contribution in [0.1, 0.15) is 46.0 Å². The van der Waals surface area contributed by atoms with E-state index in [-0.39, 0.29) is 17.9 Å². The zero-order chi connectivity index (χ0) is 11.7. The summed E-state index contributed by atoms with van der Waals surface area (Å²) in [5.74, 6) is 0.173. The Bertz CT molecular complexity index is 203. The van der Waals surface area contributed by atoms with Crippen LogP contribution < -0.4 is 10.6 Å². The SMILES string of the molecule is CNC(=O)CCCCCC(=O)NC(C)C. The minimum Gasteiger partial charge on any atom is -0.359 e. The third-order valence-electron chi connectivity index (χ3n) is 2.04. The van der Waals surface area contributed by atoms with Gasteiger partial charge in [-0.25, -0.2) is 0 Å². The lowest BCUT2D eigenvalue weighted by Crippen LogP contribution is -2.29. The molecule has 0 bridgehead atoms. The number of hydrogen-bond acceptors (Lipinski definition) is 2. The number of unbranched alkanes of at least 4 members (excludes halogenated alkanes) is 2. The first-order valence-corrected chi connectivity index (χ1v) is 5.56. The lowest BCUT2D eigenvalue weighted by atomic mass is 10.1. The van der Waals surface area contributed by atoms with E-state index in [2.05, 4.69) is 10.6 Å². The molecule has 0 heterocycles. The molecule has 0 aliphatic heterocycles. The number of carbonyl (C=O) groups excluding carboxylic acids is 2. The Hall–Kier alpha value is -1.06. The van der Waals surface area contributed by atoms with Crippen molar-refractivity contribution in [2.24, 2.45) is 0 Å². The van der Waals surface area contributed by atoms with Crippen molar-refractivity contribution >= 4 is 11.8 Å². The molecule has 0 fully saturated rings. The van der Waals surface area contributed by atoms with Crippen LogP contribution in [-0.4, -0.2) is 24.9 Å². The molecule has 0 spiro atoms. The first-order valence-electron chi connectivity index (χ1n) is 5.56. The topological polar surface area (TPSA) is 58.2 Å². The molecule has 0 aliphatic rings. The summed E-state index contributed by atoms with van der Waals surface area (Å²) in [7, 11) is 1.64. The molecule has 0 aliphatic carbocycles. The van der Waals surface area contributed by atoms with E-state index in [0.29, 0.717) is 12.8 Å². The molecule has 0 aromatic carbocycles. The van der Waals surface area contributed by atoms with Gasteiger partial charge >= 0.3 is 0 Å². The van der Waals surface area contributed by atoms with Gasteiger partial charge in [0.2, 0.25) is 11.8 Å². The van der Waals surface area contributed by atoms with Crippen molar-refractivity contribution in [3.8, 4) is 0 Å². The van der Waals surface area contributed by atoms with Crippen molar-refractivity contribution in [3.05, 3.63) is 0 Å². The van der Waals surface area contributed by atoms with E-state index < -0.39 is 0 Å². The van der Waals surface area contributed by atoms with E-state index in [1.54, 1.807) is 7.05 Å². The van der Waals surface area contributed by atoms with Crippen molar-refractivity contribution in [2.75, 3.05) is 7.05 Å². The second-order valence-electron chi connectivity index (χ2n) is 3.96. The smallest absolute Gasteiger partial charge is 0.220 e. The van der Waals surface area contributed by atoms with Gasteiger partial charge in [0.25, 0.3) is 0 Å². The Morgan fingerprint density at radius 3 is 2.00 bits per heavy atom. The number of amides is 2. The summed E-state index contributed by atoms with van der Waals surface area (Å²) in [5.41, 5.74) is 0. The molecule has 0 saturated carbocycles. The van der Waals surface area contributed by atoms with Crippen LogP contribution in [0.25, 0.3) is 0 Å². The zero-order valence-electron chi connectivity index (χ0n) is 9.93. The van der Waals surface area contributed by atoms with Crippen molar-refractivity contribution in [3.63, 3.8) is 0 Å². The van der Waals surface area contributed by atoms with Gasteiger partial charge in [0.05, 0.1) is 0 Å². The second kappa shape index (κ2) is 8.26. The van der Waals surface area contributed by atoms with E-state index in [0.717, 1.165) is 19.3 Å². The summed E-state index contributed by atoms with van der Waals surface area (Å²) in [6.07, 6.45) is 3.76. The molecule has 0 rings (SSSR count). The highest BCUT2D eigenvalue weighted by atomic mass is 16.2. The molecule has 15 heavy (non-hydrogen) atoms. The zero-order valence-corrected chi connectivity index (χ0v) is 9.93. The van der Waals surface area contributed by atoms with Gasteiger partial charge in [0.1, 0.15) is 0 Å². The van der Waals surface area contributed by atoms with Crippen LogP contribution in [0.5, 0.6) is 0 Å². The van der Waals surface area contributed by atoms with E-state index in [9.17, 15) is 9.59 Å². The van der Waals surface area contributed by atoms with Crippen molar-refractivity contribution in [2.45, 2.75) is 52.0 Å². The van der Waals surface area contributed by atoms with E-state index in [4.69, 9.17) is 0 Å². The quantitative estimate of drug-likeness (QED) is 0.626. The average molecular weight is 214 g/mol. The predicted octanol–water partition coefficient (Wildman–Crippen LogP) is 1.21. The van der Waals surface area contributed by atoms with Gasteiger partial charge in [-0.3, -0.25) is 9.59 Å². The molecule has 0 unspecified atom stereocenters. The van der Waals surface area contributed by atoms with Crippen molar-refractivity contribution in [1.29, 1.82) is 0 Å². The highest BCUT2D eigenvalue weighted by Crippen LogP contribution is 2.03. The Morgan fingerprint density at radius 2 is 1.53 bits per heavy atom. The lowest BCUT2D eigenvalue weighted by molar-refractivity contribution is -0.121. The Morgan fingerprint density at radius 1 is 1.00 bits per heavy atom. The standard InChI is InChI=1S/C11H22N2O2/c1-9(2)13-11(15)8-6-4-5-7-10(14)12-3/h9H,4-8H2,1-3H3,(H,12,14)(H,13,15). The van der Waals surface area contributed by atoms with Crippen LogP contribution in [-0.2, 0) is 9.59 Å². The Balaban J connectivity index is 3.31. The highest BCUT2D eigenvalue weighted by molar-refractivity contribution is 5.76. The van der Waals surface area contributed by atoms with Gasteiger partial charge in [-0.2, -0.15) is 0 Å². The molecule has 2 N–H and O–H groups in total. The Labute approximate surface area is 91.8 Å². The molecule has 4 heteroatoms. The maximum Gasteiger partial charge on any atom is 0.220 e. The van der Waals surface area contributed by atoms with Crippen LogP contribution in [0.15, 0.2) is 0 Å². The molecule has 4 nitrogen and oxygen atoms in total. The van der Waals surface area contributed by atoms with Gasteiger partial charge in [-0.1, -0.05) is 6.42 Å². The van der Waals surface area contributed by atoms with Crippen LogP contribution in [0, 0.1) is 0 Å². The molecule has 0 aromatic rings. The predicted molar refractivity (Wildman–Crippen MR) is 60.4 cm³/mol. The van der Waals surface area contributed by atoms with Crippen LogP contribution in [0.2, 0.25) is 0 Å².